The monoisotopic (exact) mass is 317 g/mol. The van der Waals surface area contributed by atoms with Crippen LogP contribution >= 0.6 is 0 Å². The molecule has 1 heterocycles. The van der Waals surface area contributed by atoms with Crippen molar-refractivity contribution in [3.8, 4) is 0 Å². The predicted octanol–water partition coefficient (Wildman–Crippen LogP) is 4.45. The molecule has 4 rings (SSSR count). The van der Waals surface area contributed by atoms with E-state index in [1.165, 1.54) is 0 Å². The third kappa shape index (κ3) is 1.86. The number of fused-ring (bicyclic) bond motifs is 5. The first-order valence-electron chi connectivity index (χ1n) is 7.70. The van der Waals surface area contributed by atoms with Gasteiger partial charge in [0.2, 0.25) is 0 Å². The van der Waals surface area contributed by atoms with Crippen LogP contribution < -0.4 is 5.56 Å². The number of carbonyl (C=O) groups is 1. The zero-order chi connectivity index (χ0) is 17.0. The molecule has 0 spiro atoms. The molecule has 3 aromatic carbocycles. The Kier molecular flexibility index (Phi) is 2.97. The lowest BCUT2D eigenvalue weighted by atomic mass is 9.95. The Labute approximate surface area is 137 Å². The summed E-state index contributed by atoms with van der Waals surface area (Å²) in [6.45, 7) is 3.85. The van der Waals surface area contributed by atoms with Gasteiger partial charge in [0, 0.05) is 16.2 Å². The van der Waals surface area contributed by atoms with Crippen LogP contribution in [0.15, 0.2) is 53.3 Å². The number of aromatic nitrogens is 1. The van der Waals surface area contributed by atoms with E-state index in [0.717, 1.165) is 37.2 Å². The summed E-state index contributed by atoms with van der Waals surface area (Å²) < 4.78 is 0.854. The number of aryl methyl sites for hydroxylation is 2. The molecule has 1 N–H and O–H groups in total. The average Bonchev–Trinajstić information content (AvgIpc) is 2.53. The molecule has 4 nitrogen and oxygen atoms in total. The van der Waals surface area contributed by atoms with Crippen molar-refractivity contribution in [1.82, 2.24) is 4.57 Å². The molecule has 0 fully saturated rings. The average molecular weight is 317 g/mol. The van der Waals surface area contributed by atoms with Crippen LogP contribution in [0.1, 0.15) is 11.1 Å². The fraction of sp³-hybridized carbons (Fsp3) is 0.100. The Morgan fingerprint density at radius 2 is 1.71 bits per heavy atom. The van der Waals surface area contributed by atoms with Gasteiger partial charge >= 0.3 is 6.09 Å². The summed E-state index contributed by atoms with van der Waals surface area (Å²) in [4.78, 5) is 24.6. The molecule has 0 saturated carbocycles. The molecule has 0 unspecified atom stereocenters. The fourth-order valence-corrected chi connectivity index (χ4v) is 3.59. The first-order valence-corrected chi connectivity index (χ1v) is 7.70. The molecule has 0 atom stereocenters. The third-order valence-corrected chi connectivity index (χ3v) is 4.50. The van der Waals surface area contributed by atoms with Crippen molar-refractivity contribution in [3.63, 3.8) is 0 Å². The number of rotatable bonds is 0. The molecular formula is C20H15NO3. The SMILES string of the molecule is Cc1cc(C)c2c3c(ccc4ccccc43)c(=O)n(C(=O)O)c2c1. The number of pyridine rings is 1. The van der Waals surface area contributed by atoms with E-state index in [1.54, 1.807) is 12.1 Å². The van der Waals surface area contributed by atoms with Gasteiger partial charge in [-0.15, -0.1) is 0 Å². The maximum atomic E-state index is 12.8. The lowest BCUT2D eigenvalue weighted by Crippen LogP contribution is -2.26. The van der Waals surface area contributed by atoms with Crippen LogP contribution in [-0.4, -0.2) is 15.8 Å². The van der Waals surface area contributed by atoms with Crippen LogP contribution in [0.5, 0.6) is 0 Å². The highest BCUT2D eigenvalue weighted by molar-refractivity contribution is 6.21. The first kappa shape index (κ1) is 14.5. The van der Waals surface area contributed by atoms with Gasteiger partial charge in [-0.2, -0.15) is 0 Å². The highest BCUT2D eigenvalue weighted by Gasteiger charge is 2.18. The van der Waals surface area contributed by atoms with Crippen LogP contribution in [0, 0.1) is 13.8 Å². The number of benzene rings is 3. The number of hydrogen-bond donors (Lipinski definition) is 1. The van der Waals surface area contributed by atoms with Crippen LogP contribution in [0.2, 0.25) is 0 Å². The lowest BCUT2D eigenvalue weighted by Gasteiger charge is -2.14. The molecule has 0 aliphatic rings. The fourth-order valence-electron chi connectivity index (χ4n) is 3.59. The van der Waals surface area contributed by atoms with Crippen molar-refractivity contribution in [1.29, 1.82) is 0 Å². The Hall–Kier alpha value is -3.14. The molecule has 0 amide bonds. The minimum atomic E-state index is -1.26. The molecule has 24 heavy (non-hydrogen) atoms. The standard InChI is InChI=1S/C20H15NO3/c1-11-9-12(2)17-16(10-11)21(20(23)24)19(22)15-8-7-13-5-3-4-6-14(13)18(15)17/h3-10H,1-2H3,(H,23,24). The van der Waals surface area contributed by atoms with E-state index in [-0.39, 0.29) is 0 Å². The predicted molar refractivity (Wildman–Crippen MR) is 96.1 cm³/mol. The van der Waals surface area contributed by atoms with Gasteiger partial charge < -0.3 is 5.11 Å². The van der Waals surface area contributed by atoms with Crippen molar-refractivity contribution in [2.24, 2.45) is 0 Å². The maximum absolute atomic E-state index is 12.8. The largest absolute Gasteiger partial charge is 0.464 e. The third-order valence-electron chi connectivity index (χ3n) is 4.50. The highest BCUT2D eigenvalue weighted by atomic mass is 16.4. The number of nitrogens with zero attached hydrogens (tertiary/aromatic N) is 1. The minimum Gasteiger partial charge on any atom is -0.464 e. The second kappa shape index (κ2) is 4.93. The van der Waals surface area contributed by atoms with Crippen LogP contribution in [0.25, 0.3) is 32.4 Å². The van der Waals surface area contributed by atoms with Gasteiger partial charge in [0.05, 0.1) is 5.52 Å². The molecule has 0 radical (unpaired) electrons. The van der Waals surface area contributed by atoms with Crippen molar-refractivity contribution in [2.75, 3.05) is 0 Å². The van der Waals surface area contributed by atoms with E-state index in [4.69, 9.17) is 0 Å². The molecule has 1 aromatic heterocycles. The Balaban J connectivity index is 2.46. The topological polar surface area (TPSA) is 59.3 Å². The Bertz CT molecular complexity index is 1220. The molecule has 4 aromatic rings. The Morgan fingerprint density at radius 3 is 2.46 bits per heavy atom. The summed E-state index contributed by atoms with van der Waals surface area (Å²) in [5, 5.41) is 13.6. The number of carboxylic acid groups (broad SMARTS) is 1. The van der Waals surface area contributed by atoms with Crippen LogP contribution in [0.4, 0.5) is 4.79 Å². The summed E-state index contributed by atoms with van der Waals surface area (Å²) in [5.41, 5.74) is 1.82. The van der Waals surface area contributed by atoms with E-state index in [9.17, 15) is 14.7 Å². The molecule has 0 aliphatic heterocycles. The summed E-state index contributed by atoms with van der Waals surface area (Å²) in [7, 11) is 0. The Morgan fingerprint density at radius 1 is 0.958 bits per heavy atom. The van der Waals surface area contributed by atoms with Crippen molar-refractivity contribution < 1.29 is 9.90 Å². The molecule has 0 bridgehead atoms. The highest BCUT2D eigenvalue weighted by Crippen LogP contribution is 2.32. The van der Waals surface area contributed by atoms with Gasteiger partial charge in [0.25, 0.3) is 5.56 Å². The lowest BCUT2D eigenvalue weighted by molar-refractivity contribution is 0.196. The van der Waals surface area contributed by atoms with Gasteiger partial charge in [0.1, 0.15) is 0 Å². The zero-order valence-electron chi connectivity index (χ0n) is 13.3. The minimum absolute atomic E-state index is 0.426. The van der Waals surface area contributed by atoms with E-state index in [0.29, 0.717) is 10.9 Å². The van der Waals surface area contributed by atoms with Crippen molar-refractivity contribution in [3.05, 3.63) is 70.0 Å². The molecular weight excluding hydrogens is 302 g/mol. The van der Waals surface area contributed by atoms with Crippen LogP contribution in [-0.2, 0) is 0 Å². The van der Waals surface area contributed by atoms with Crippen molar-refractivity contribution >= 4 is 38.5 Å². The molecule has 0 aliphatic carbocycles. The number of hydrogen-bond acceptors (Lipinski definition) is 2. The summed E-state index contributed by atoms with van der Waals surface area (Å²) >= 11 is 0. The maximum Gasteiger partial charge on any atom is 0.419 e. The van der Waals surface area contributed by atoms with E-state index in [2.05, 4.69) is 0 Å². The van der Waals surface area contributed by atoms with Gasteiger partial charge in [-0.25, -0.2) is 9.36 Å². The summed E-state index contributed by atoms with van der Waals surface area (Å²) in [6, 6.07) is 15.2. The quantitative estimate of drug-likeness (QED) is 0.487. The van der Waals surface area contributed by atoms with E-state index in [1.807, 2.05) is 50.2 Å². The summed E-state index contributed by atoms with van der Waals surface area (Å²) in [5.74, 6) is 0. The van der Waals surface area contributed by atoms with Crippen LogP contribution in [0.3, 0.4) is 0 Å². The smallest absolute Gasteiger partial charge is 0.419 e. The van der Waals surface area contributed by atoms with E-state index >= 15 is 0 Å². The molecule has 4 heteroatoms. The second-order valence-corrected chi connectivity index (χ2v) is 6.11. The molecule has 0 saturated heterocycles. The van der Waals surface area contributed by atoms with E-state index < -0.39 is 11.7 Å². The van der Waals surface area contributed by atoms with Gasteiger partial charge in [-0.05, 0) is 47.9 Å². The molecule has 118 valence electrons. The first-order chi connectivity index (χ1) is 11.5. The van der Waals surface area contributed by atoms with Gasteiger partial charge in [0.15, 0.2) is 0 Å². The summed E-state index contributed by atoms with van der Waals surface area (Å²) in [6.07, 6.45) is -1.26. The zero-order valence-corrected chi connectivity index (χ0v) is 13.3. The normalized spacial score (nSPS) is 11.4. The second-order valence-electron chi connectivity index (χ2n) is 6.11. The van der Waals surface area contributed by atoms with Crippen molar-refractivity contribution in [2.45, 2.75) is 13.8 Å². The van der Waals surface area contributed by atoms with Gasteiger partial charge in [-0.3, -0.25) is 4.79 Å². The van der Waals surface area contributed by atoms with Gasteiger partial charge in [-0.1, -0.05) is 36.4 Å².